The van der Waals surface area contributed by atoms with Crippen molar-refractivity contribution in [2.45, 2.75) is 0 Å². The standard InChI is InChI=1S/C8H8N4O2/c1-14-8(13)5-4-6(9)12-7(11-5)2-3-10-12/h2-4H,9H2,1H3. The summed E-state index contributed by atoms with van der Waals surface area (Å²) in [4.78, 5) is 15.2. The molecule has 0 aliphatic heterocycles. The summed E-state index contributed by atoms with van der Waals surface area (Å²) in [5, 5.41) is 3.92. The van der Waals surface area contributed by atoms with Gasteiger partial charge >= 0.3 is 5.97 Å². The van der Waals surface area contributed by atoms with Gasteiger partial charge in [0.25, 0.3) is 0 Å². The van der Waals surface area contributed by atoms with Gasteiger partial charge < -0.3 is 10.5 Å². The quantitative estimate of drug-likeness (QED) is 0.648. The van der Waals surface area contributed by atoms with Crippen molar-refractivity contribution in [3.05, 3.63) is 24.0 Å². The van der Waals surface area contributed by atoms with Crippen molar-refractivity contribution in [1.82, 2.24) is 14.6 Å². The van der Waals surface area contributed by atoms with Gasteiger partial charge in [0.1, 0.15) is 5.82 Å². The Morgan fingerprint density at radius 2 is 2.43 bits per heavy atom. The number of nitrogens with two attached hydrogens (primary N) is 1. The number of ether oxygens (including phenoxy) is 1. The second-order valence-electron chi connectivity index (χ2n) is 2.66. The summed E-state index contributed by atoms with van der Waals surface area (Å²) in [6.07, 6.45) is 1.56. The Balaban J connectivity index is 2.64. The summed E-state index contributed by atoms with van der Waals surface area (Å²) in [5.74, 6) is -0.166. The minimum Gasteiger partial charge on any atom is -0.464 e. The van der Waals surface area contributed by atoms with Crippen molar-refractivity contribution in [3.8, 4) is 0 Å². The Morgan fingerprint density at radius 3 is 3.14 bits per heavy atom. The molecule has 0 radical (unpaired) electrons. The van der Waals surface area contributed by atoms with Gasteiger partial charge in [0.2, 0.25) is 0 Å². The first-order valence-corrected chi connectivity index (χ1v) is 3.91. The van der Waals surface area contributed by atoms with E-state index in [2.05, 4.69) is 14.8 Å². The van der Waals surface area contributed by atoms with E-state index in [-0.39, 0.29) is 5.69 Å². The highest BCUT2D eigenvalue weighted by Gasteiger charge is 2.10. The smallest absolute Gasteiger partial charge is 0.356 e. The molecule has 0 unspecified atom stereocenters. The SMILES string of the molecule is COC(=O)c1cc(N)n2nccc2n1. The van der Waals surface area contributed by atoms with Crippen LogP contribution < -0.4 is 5.73 Å². The molecule has 0 bridgehead atoms. The predicted molar refractivity (Wildman–Crippen MR) is 48.7 cm³/mol. The number of methoxy groups -OCH3 is 1. The van der Waals surface area contributed by atoms with Crippen LogP contribution in [-0.4, -0.2) is 27.7 Å². The third-order valence-electron chi connectivity index (χ3n) is 1.78. The third-order valence-corrected chi connectivity index (χ3v) is 1.78. The highest BCUT2D eigenvalue weighted by Crippen LogP contribution is 2.09. The Hall–Kier alpha value is -2.11. The van der Waals surface area contributed by atoms with Crippen molar-refractivity contribution in [1.29, 1.82) is 0 Å². The molecule has 2 rings (SSSR count). The summed E-state index contributed by atoms with van der Waals surface area (Å²) in [7, 11) is 1.29. The average molecular weight is 192 g/mol. The van der Waals surface area contributed by atoms with Crippen LogP contribution in [-0.2, 0) is 4.74 Å². The number of carbonyl (C=O) groups is 1. The first-order valence-electron chi connectivity index (χ1n) is 3.91. The molecule has 2 N–H and O–H groups in total. The van der Waals surface area contributed by atoms with Crippen molar-refractivity contribution in [2.24, 2.45) is 0 Å². The van der Waals surface area contributed by atoms with Gasteiger partial charge in [-0.05, 0) is 0 Å². The van der Waals surface area contributed by atoms with Crippen LogP contribution in [0.5, 0.6) is 0 Å². The fraction of sp³-hybridized carbons (Fsp3) is 0.125. The molecular formula is C8H8N4O2. The van der Waals surface area contributed by atoms with E-state index in [0.717, 1.165) is 0 Å². The predicted octanol–water partition coefficient (Wildman–Crippen LogP) is 0.0981. The van der Waals surface area contributed by atoms with Crippen molar-refractivity contribution in [2.75, 3.05) is 12.8 Å². The van der Waals surface area contributed by atoms with E-state index < -0.39 is 5.97 Å². The first kappa shape index (κ1) is 8.49. The van der Waals surface area contributed by atoms with E-state index in [9.17, 15) is 4.79 Å². The molecule has 72 valence electrons. The minimum absolute atomic E-state index is 0.179. The van der Waals surface area contributed by atoms with Gasteiger partial charge in [0, 0.05) is 12.1 Å². The van der Waals surface area contributed by atoms with Gasteiger partial charge in [-0.25, -0.2) is 9.78 Å². The lowest BCUT2D eigenvalue weighted by Gasteiger charge is -2.01. The summed E-state index contributed by atoms with van der Waals surface area (Å²) >= 11 is 0. The van der Waals surface area contributed by atoms with Gasteiger partial charge in [-0.1, -0.05) is 0 Å². The number of fused-ring (bicyclic) bond motifs is 1. The number of anilines is 1. The molecule has 0 aliphatic carbocycles. The van der Waals surface area contributed by atoms with Crippen molar-refractivity contribution in [3.63, 3.8) is 0 Å². The molecule has 0 amide bonds. The van der Waals surface area contributed by atoms with E-state index in [4.69, 9.17) is 5.73 Å². The fourth-order valence-corrected chi connectivity index (χ4v) is 1.15. The maximum absolute atomic E-state index is 11.2. The van der Waals surface area contributed by atoms with Gasteiger partial charge in [-0.15, -0.1) is 0 Å². The van der Waals surface area contributed by atoms with E-state index in [1.165, 1.54) is 17.7 Å². The first-order chi connectivity index (χ1) is 6.72. The maximum atomic E-state index is 11.2. The second kappa shape index (κ2) is 2.99. The number of nitrogen functional groups attached to an aromatic ring is 1. The molecule has 0 saturated carbocycles. The zero-order chi connectivity index (χ0) is 10.1. The molecule has 0 saturated heterocycles. The molecule has 0 fully saturated rings. The zero-order valence-corrected chi connectivity index (χ0v) is 7.47. The highest BCUT2D eigenvalue weighted by molar-refractivity contribution is 5.88. The van der Waals surface area contributed by atoms with Crippen LogP contribution in [0.15, 0.2) is 18.3 Å². The van der Waals surface area contributed by atoms with Crippen LogP contribution in [0.25, 0.3) is 5.65 Å². The molecule has 6 nitrogen and oxygen atoms in total. The summed E-state index contributed by atoms with van der Waals surface area (Å²) in [6, 6.07) is 3.08. The van der Waals surface area contributed by atoms with Gasteiger partial charge in [-0.3, -0.25) is 0 Å². The topological polar surface area (TPSA) is 82.5 Å². The van der Waals surface area contributed by atoms with Crippen molar-refractivity contribution >= 4 is 17.4 Å². The number of esters is 1. The van der Waals surface area contributed by atoms with Gasteiger partial charge in [0.15, 0.2) is 11.3 Å². The van der Waals surface area contributed by atoms with Crippen LogP contribution in [0, 0.1) is 0 Å². The zero-order valence-electron chi connectivity index (χ0n) is 7.47. The largest absolute Gasteiger partial charge is 0.464 e. The fourth-order valence-electron chi connectivity index (χ4n) is 1.15. The number of hydrogen-bond acceptors (Lipinski definition) is 5. The molecule has 0 aliphatic rings. The van der Waals surface area contributed by atoms with Crippen LogP contribution >= 0.6 is 0 Å². The maximum Gasteiger partial charge on any atom is 0.356 e. The molecule has 14 heavy (non-hydrogen) atoms. The van der Waals surface area contributed by atoms with E-state index >= 15 is 0 Å². The second-order valence-corrected chi connectivity index (χ2v) is 2.66. The van der Waals surface area contributed by atoms with Crippen LogP contribution in [0.1, 0.15) is 10.5 Å². The Kier molecular flexibility index (Phi) is 1.81. The van der Waals surface area contributed by atoms with Crippen molar-refractivity contribution < 1.29 is 9.53 Å². The van der Waals surface area contributed by atoms with E-state index in [1.54, 1.807) is 12.3 Å². The number of carbonyl (C=O) groups excluding carboxylic acids is 1. The van der Waals surface area contributed by atoms with Crippen LogP contribution in [0.3, 0.4) is 0 Å². The lowest BCUT2D eigenvalue weighted by atomic mass is 10.4. The van der Waals surface area contributed by atoms with Gasteiger partial charge in [-0.2, -0.15) is 9.61 Å². The summed E-state index contributed by atoms with van der Waals surface area (Å²) in [6.45, 7) is 0. The third kappa shape index (κ3) is 1.17. The number of aromatic nitrogens is 3. The molecule has 0 spiro atoms. The Bertz CT molecular complexity index is 491. The van der Waals surface area contributed by atoms with E-state index in [1.807, 2.05) is 0 Å². The molecule has 2 heterocycles. The van der Waals surface area contributed by atoms with Crippen LogP contribution in [0.2, 0.25) is 0 Å². The Labute approximate surface area is 79.3 Å². The molecule has 6 heteroatoms. The Morgan fingerprint density at radius 1 is 1.64 bits per heavy atom. The monoisotopic (exact) mass is 192 g/mol. The molecule has 2 aromatic heterocycles. The molecule has 2 aromatic rings. The van der Waals surface area contributed by atoms with E-state index in [0.29, 0.717) is 11.5 Å². The molecule has 0 atom stereocenters. The minimum atomic E-state index is -0.514. The van der Waals surface area contributed by atoms with Gasteiger partial charge in [0.05, 0.1) is 13.3 Å². The molecule has 0 aromatic carbocycles. The molecular weight excluding hydrogens is 184 g/mol. The van der Waals surface area contributed by atoms with Crippen LogP contribution in [0.4, 0.5) is 5.82 Å². The number of hydrogen-bond donors (Lipinski definition) is 1. The number of rotatable bonds is 1. The lowest BCUT2D eigenvalue weighted by Crippen LogP contribution is -2.08. The lowest BCUT2D eigenvalue weighted by molar-refractivity contribution is 0.0594. The highest BCUT2D eigenvalue weighted by atomic mass is 16.5. The average Bonchev–Trinajstić information content (AvgIpc) is 2.64. The normalized spacial score (nSPS) is 10.4. The number of nitrogens with zero attached hydrogens (tertiary/aromatic N) is 3. The summed E-state index contributed by atoms with van der Waals surface area (Å²) in [5.41, 5.74) is 6.34. The summed E-state index contributed by atoms with van der Waals surface area (Å²) < 4.78 is 5.97.